The Bertz CT molecular complexity index is 893. The number of halogens is 2. The summed E-state index contributed by atoms with van der Waals surface area (Å²) in [5.74, 6) is -0.0805. The number of nitrogens with one attached hydrogen (secondary N) is 1. The van der Waals surface area contributed by atoms with Gasteiger partial charge in [-0.1, -0.05) is 34.5 Å². The molecule has 0 atom stereocenters. The number of amides is 1. The fourth-order valence-corrected chi connectivity index (χ4v) is 3.76. The molecule has 7 heteroatoms. The summed E-state index contributed by atoms with van der Waals surface area (Å²) in [6.45, 7) is 1.40. The van der Waals surface area contributed by atoms with Gasteiger partial charge in [-0.15, -0.1) is 0 Å². The highest BCUT2D eigenvalue weighted by Crippen LogP contribution is 2.31. The smallest absolute Gasteiger partial charge is 0.260 e. The molecule has 0 spiro atoms. The van der Waals surface area contributed by atoms with E-state index in [9.17, 15) is 4.79 Å². The summed E-state index contributed by atoms with van der Waals surface area (Å²) in [4.78, 5) is 20.6. The molecular formula is C18H18Cl2N3OS+. The van der Waals surface area contributed by atoms with Crippen LogP contribution in [0.4, 0.5) is 5.13 Å². The number of carbonyl (C=O) groups excluding carboxylic acids is 1. The second-order valence-corrected chi connectivity index (χ2v) is 7.91. The van der Waals surface area contributed by atoms with E-state index in [0.717, 1.165) is 16.8 Å². The van der Waals surface area contributed by atoms with Gasteiger partial charge in [0.25, 0.3) is 5.91 Å². The van der Waals surface area contributed by atoms with Crippen molar-refractivity contribution in [3.8, 4) is 0 Å². The van der Waals surface area contributed by atoms with Gasteiger partial charge < -0.3 is 4.90 Å². The van der Waals surface area contributed by atoms with Crippen LogP contribution in [0.5, 0.6) is 0 Å². The number of aromatic nitrogens is 1. The average Bonchev–Trinajstić information content (AvgIpc) is 2.98. The van der Waals surface area contributed by atoms with E-state index >= 15 is 0 Å². The molecule has 3 aromatic rings. The Hall–Kier alpha value is -1.66. The maximum absolute atomic E-state index is 13.0. The molecule has 1 N–H and O–H groups in total. The van der Waals surface area contributed by atoms with Gasteiger partial charge in [-0.3, -0.25) is 9.69 Å². The molecule has 0 bridgehead atoms. The lowest BCUT2D eigenvalue weighted by molar-refractivity contribution is -0.856. The fourth-order valence-electron chi connectivity index (χ4n) is 2.37. The Balaban J connectivity index is 1.97. The molecule has 4 nitrogen and oxygen atoms in total. The lowest BCUT2D eigenvalue weighted by Gasteiger charge is -2.20. The van der Waals surface area contributed by atoms with Gasteiger partial charge in [0.15, 0.2) is 5.13 Å². The van der Waals surface area contributed by atoms with Crippen molar-refractivity contribution in [3.63, 3.8) is 0 Å². The molecule has 1 aromatic heterocycles. The van der Waals surface area contributed by atoms with Crippen LogP contribution in [0.1, 0.15) is 10.4 Å². The standard InChI is InChI=1S/C18H17Cl2N3OS/c1-22(2)9-10-23(17(24)12-3-5-13(19)6-4-12)18-21-15-8-7-14(20)11-16(15)25-18/h3-8,11H,9-10H2,1-2H3/p+1. The molecule has 1 amide bonds. The van der Waals surface area contributed by atoms with Crippen LogP contribution < -0.4 is 9.80 Å². The molecule has 0 radical (unpaired) electrons. The molecule has 3 rings (SSSR count). The number of thiazole rings is 1. The van der Waals surface area contributed by atoms with Crippen LogP contribution in [0.3, 0.4) is 0 Å². The van der Waals surface area contributed by atoms with Gasteiger partial charge in [-0.25, -0.2) is 4.98 Å². The fraction of sp³-hybridized carbons (Fsp3) is 0.222. The molecular weight excluding hydrogens is 377 g/mol. The summed E-state index contributed by atoms with van der Waals surface area (Å²) in [5.41, 5.74) is 1.44. The largest absolute Gasteiger partial charge is 0.338 e. The predicted molar refractivity (Wildman–Crippen MR) is 105 cm³/mol. The Labute approximate surface area is 160 Å². The number of nitrogens with zero attached hydrogens (tertiary/aromatic N) is 2. The zero-order chi connectivity index (χ0) is 18.0. The van der Waals surface area contributed by atoms with Crippen LogP contribution in [0.15, 0.2) is 42.5 Å². The molecule has 25 heavy (non-hydrogen) atoms. The minimum atomic E-state index is -0.0805. The van der Waals surface area contributed by atoms with Crippen molar-refractivity contribution in [1.82, 2.24) is 4.98 Å². The SMILES string of the molecule is C[NH+](C)CCN(C(=O)c1ccc(Cl)cc1)c1nc2ccc(Cl)cc2s1. The van der Waals surface area contributed by atoms with E-state index in [1.54, 1.807) is 29.2 Å². The average molecular weight is 395 g/mol. The number of likely N-dealkylation sites (N-methyl/N-ethyl adjacent to an activating group) is 1. The number of benzene rings is 2. The van der Waals surface area contributed by atoms with Gasteiger partial charge in [-0.05, 0) is 42.5 Å². The highest BCUT2D eigenvalue weighted by Gasteiger charge is 2.22. The number of anilines is 1. The van der Waals surface area contributed by atoms with Gasteiger partial charge in [0.2, 0.25) is 0 Å². The van der Waals surface area contributed by atoms with Gasteiger partial charge in [0.1, 0.15) is 0 Å². The number of hydrogen-bond donors (Lipinski definition) is 1. The summed E-state index contributed by atoms with van der Waals surface area (Å²) in [6.07, 6.45) is 0. The zero-order valence-electron chi connectivity index (χ0n) is 13.9. The molecule has 130 valence electrons. The van der Waals surface area contributed by atoms with Crippen LogP contribution in [0.25, 0.3) is 10.2 Å². The highest BCUT2D eigenvalue weighted by atomic mass is 35.5. The van der Waals surface area contributed by atoms with Crippen LogP contribution in [-0.4, -0.2) is 38.1 Å². The minimum Gasteiger partial charge on any atom is -0.338 e. The first-order valence-electron chi connectivity index (χ1n) is 7.86. The van der Waals surface area contributed by atoms with Crippen LogP contribution in [0, 0.1) is 0 Å². The molecule has 1 heterocycles. The first kappa shape index (κ1) is 18.1. The van der Waals surface area contributed by atoms with Crippen LogP contribution in [0.2, 0.25) is 10.0 Å². The lowest BCUT2D eigenvalue weighted by atomic mass is 10.2. The third kappa shape index (κ3) is 4.30. The lowest BCUT2D eigenvalue weighted by Crippen LogP contribution is -3.06. The molecule has 0 fully saturated rings. The molecule has 0 unspecified atom stereocenters. The van der Waals surface area contributed by atoms with Crippen LogP contribution >= 0.6 is 34.5 Å². The van der Waals surface area contributed by atoms with Crippen molar-refractivity contribution in [2.24, 2.45) is 0 Å². The Morgan fingerprint density at radius 1 is 1.12 bits per heavy atom. The number of quaternary nitrogens is 1. The molecule has 0 aliphatic carbocycles. The topological polar surface area (TPSA) is 37.6 Å². The summed E-state index contributed by atoms with van der Waals surface area (Å²) in [6, 6.07) is 12.5. The van der Waals surface area contributed by atoms with Gasteiger partial charge >= 0.3 is 0 Å². The number of carbonyl (C=O) groups is 1. The zero-order valence-corrected chi connectivity index (χ0v) is 16.3. The van der Waals surface area contributed by atoms with Gasteiger partial charge in [0.05, 0.1) is 37.4 Å². The van der Waals surface area contributed by atoms with E-state index in [-0.39, 0.29) is 5.91 Å². The maximum Gasteiger partial charge on any atom is 0.260 e. The van der Waals surface area contributed by atoms with E-state index in [4.69, 9.17) is 23.2 Å². The van der Waals surface area contributed by atoms with Crippen molar-refractivity contribution in [2.75, 3.05) is 32.1 Å². The van der Waals surface area contributed by atoms with Crippen molar-refractivity contribution in [1.29, 1.82) is 0 Å². The van der Waals surface area contributed by atoms with Crippen LogP contribution in [-0.2, 0) is 0 Å². The molecule has 0 aliphatic heterocycles. The van der Waals surface area contributed by atoms with E-state index in [2.05, 4.69) is 19.1 Å². The monoisotopic (exact) mass is 394 g/mol. The normalized spacial score (nSPS) is 11.2. The Kier molecular flexibility index (Phi) is 5.59. The summed E-state index contributed by atoms with van der Waals surface area (Å²) < 4.78 is 0.966. The number of hydrogen-bond acceptors (Lipinski definition) is 3. The molecule has 0 saturated carbocycles. The Morgan fingerprint density at radius 2 is 1.80 bits per heavy atom. The van der Waals surface area contributed by atoms with E-state index in [0.29, 0.717) is 27.3 Å². The molecule has 0 aliphatic rings. The van der Waals surface area contributed by atoms with Crippen molar-refractivity contribution in [3.05, 3.63) is 58.1 Å². The second-order valence-electron chi connectivity index (χ2n) is 6.03. The highest BCUT2D eigenvalue weighted by molar-refractivity contribution is 7.22. The maximum atomic E-state index is 13.0. The van der Waals surface area contributed by atoms with E-state index < -0.39 is 0 Å². The molecule has 2 aromatic carbocycles. The summed E-state index contributed by atoms with van der Waals surface area (Å²) >= 11 is 13.5. The quantitative estimate of drug-likeness (QED) is 0.719. The van der Waals surface area contributed by atoms with Crippen molar-refractivity contribution in [2.45, 2.75) is 0 Å². The summed E-state index contributed by atoms with van der Waals surface area (Å²) in [5, 5.41) is 1.95. The number of rotatable bonds is 5. The molecule has 0 saturated heterocycles. The predicted octanol–water partition coefficient (Wildman–Crippen LogP) is 3.39. The third-order valence-corrected chi connectivity index (χ3v) is 5.27. The van der Waals surface area contributed by atoms with E-state index in [1.807, 2.05) is 18.2 Å². The summed E-state index contributed by atoms with van der Waals surface area (Å²) in [7, 11) is 4.12. The van der Waals surface area contributed by atoms with Crippen molar-refractivity contribution >= 4 is 55.8 Å². The van der Waals surface area contributed by atoms with Gasteiger partial charge in [0, 0.05) is 15.6 Å². The first-order chi connectivity index (χ1) is 11.9. The third-order valence-electron chi connectivity index (χ3n) is 3.74. The first-order valence-corrected chi connectivity index (χ1v) is 9.44. The minimum absolute atomic E-state index is 0.0805. The second kappa shape index (κ2) is 7.70. The van der Waals surface area contributed by atoms with Gasteiger partial charge in [-0.2, -0.15) is 0 Å². The van der Waals surface area contributed by atoms with Crippen molar-refractivity contribution < 1.29 is 9.69 Å². The number of fused-ring (bicyclic) bond motifs is 1. The Morgan fingerprint density at radius 3 is 2.48 bits per heavy atom. The van der Waals surface area contributed by atoms with E-state index in [1.165, 1.54) is 16.2 Å².